The van der Waals surface area contributed by atoms with Crippen molar-refractivity contribution in [3.05, 3.63) is 11.6 Å². The summed E-state index contributed by atoms with van der Waals surface area (Å²) in [5.74, 6) is -0.149. The molecule has 0 saturated carbocycles. The highest BCUT2D eigenvalue weighted by Gasteiger charge is 2.38. The maximum absolute atomic E-state index is 12.2. The largest absolute Gasteiger partial charge is 0.343 e. The van der Waals surface area contributed by atoms with E-state index in [1.165, 1.54) is 4.90 Å². The normalized spacial score (nSPS) is 24.8. The lowest BCUT2D eigenvalue weighted by Crippen LogP contribution is -2.63. The molecule has 0 aliphatic carbocycles. The third-order valence-corrected chi connectivity index (χ3v) is 3.00. The second-order valence-electron chi connectivity index (χ2n) is 4.26. The number of amides is 2. The third-order valence-electron chi connectivity index (χ3n) is 2.88. The average Bonchev–Trinajstić information content (AvgIpc) is 2.25. The molecule has 0 spiro atoms. The smallest absolute Gasteiger partial charge is 0.246 e. The van der Waals surface area contributed by atoms with Gasteiger partial charge in [0.05, 0.1) is 6.54 Å². The van der Waals surface area contributed by atoms with Crippen molar-refractivity contribution in [2.75, 3.05) is 6.54 Å². The van der Waals surface area contributed by atoms with E-state index in [1.807, 2.05) is 13.8 Å². The van der Waals surface area contributed by atoms with Crippen molar-refractivity contribution in [2.45, 2.75) is 45.2 Å². The van der Waals surface area contributed by atoms with Crippen LogP contribution in [0, 0.1) is 0 Å². The molecule has 0 radical (unpaired) electrons. The number of carbonyl (C=O) groups is 2. The molecule has 0 aromatic carbocycles. The van der Waals surface area contributed by atoms with Crippen LogP contribution >= 0.6 is 11.6 Å². The van der Waals surface area contributed by atoms with Gasteiger partial charge < -0.3 is 10.2 Å². The minimum Gasteiger partial charge on any atom is -0.343 e. The predicted molar refractivity (Wildman–Crippen MR) is 67.6 cm³/mol. The van der Waals surface area contributed by atoms with Gasteiger partial charge in [0.15, 0.2) is 0 Å². The first-order chi connectivity index (χ1) is 8.01. The highest BCUT2D eigenvalue weighted by atomic mass is 35.5. The van der Waals surface area contributed by atoms with Crippen molar-refractivity contribution in [2.24, 2.45) is 0 Å². The van der Waals surface area contributed by atoms with Crippen molar-refractivity contribution in [1.82, 2.24) is 10.2 Å². The van der Waals surface area contributed by atoms with E-state index >= 15 is 0 Å². The standard InChI is InChI=1S/C12H19ClN2O2/c1-4-6-9-12(17)15(7-8(3)13)10(5-2)11(16)14-9/h9-10H,3-7H2,1-2H3,(H,14,16). The van der Waals surface area contributed by atoms with E-state index in [0.717, 1.165) is 6.42 Å². The fourth-order valence-corrected chi connectivity index (χ4v) is 2.22. The first kappa shape index (κ1) is 14.0. The van der Waals surface area contributed by atoms with Crippen LogP contribution in [0.2, 0.25) is 0 Å². The Bertz CT molecular complexity index is 330. The van der Waals surface area contributed by atoms with Gasteiger partial charge in [-0.15, -0.1) is 0 Å². The molecule has 1 aliphatic rings. The van der Waals surface area contributed by atoms with Crippen LogP contribution in [0.1, 0.15) is 33.1 Å². The van der Waals surface area contributed by atoms with Crippen LogP contribution in [0.3, 0.4) is 0 Å². The van der Waals surface area contributed by atoms with Crippen LogP contribution in [0.5, 0.6) is 0 Å². The number of carbonyl (C=O) groups excluding carboxylic acids is 2. The molecule has 1 fully saturated rings. The molecular formula is C12H19ClN2O2. The minimum atomic E-state index is -0.425. The second kappa shape index (κ2) is 6.05. The van der Waals surface area contributed by atoms with Gasteiger partial charge in [-0.25, -0.2) is 0 Å². The molecule has 0 bridgehead atoms. The Morgan fingerprint density at radius 1 is 1.47 bits per heavy atom. The lowest BCUT2D eigenvalue weighted by Gasteiger charge is -2.38. The van der Waals surface area contributed by atoms with Gasteiger partial charge in [-0.1, -0.05) is 38.4 Å². The molecule has 1 saturated heterocycles. The van der Waals surface area contributed by atoms with Crippen molar-refractivity contribution in [3.8, 4) is 0 Å². The molecule has 1 rings (SSSR count). The summed E-state index contributed by atoms with van der Waals surface area (Å²) in [5, 5.41) is 3.15. The predicted octanol–water partition coefficient (Wildman–Crippen LogP) is 1.64. The zero-order valence-electron chi connectivity index (χ0n) is 10.3. The highest BCUT2D eigenvalue weighted by molar-refractivity contribution is 6.29. The van der Waals surface area contributed by atoms with E-state index < -0.39 is 12.1 Å². The van der Waals surface area contributed by atoms with Gasteiger partial charge in [-0.05, 0) is 12.8 Å². The molecule has 0 aromatic rings. The SMILES string of the molecule is C=C(Cl)CN1C(=O)C(CCC)NC(=O)C1CC. The topological polar surface area (TPSA) is 49.4 Å². The van der Waals surface area contributed by atoms with Crippen LogP contribution in [0.25, 0.3) is 0 Å². The van der Waals surface area contributed by atoms with E-state index in [9.17, 15) is 9.59 Å². The molecule has 1 N–H and O–H groups in total. The Hall–Kier alpha value is -1.03. The second-order valence-corrected chi connectivity index (χ2v) is 4.79. The zero-order valence-corrected chi connectivity index (χ0v) is 11.1. The van der Waals surface area contributed by atoms with Crippen LogP contribution in [-0.2, 0) is 9.59 Å². The van der Waals surface area contributed by atoms with Gasteiger partial charge in [0.2, 0.25) is 11.8 Å². The molecule has 0 aromatic heterocycles. The summed E-state index contributed by atoms with van der Waals surface area (Å²) in [6.07, 6.45) is 2.09. The van der Waals surface area contributed by atoms with Crippen molar-refractivity contribution in [1.29, 1.82) is 0 Å². The van der Waals surface area contributed by atoms with Gasteiger partial charge in [0.1, 0.15) is 12.1 Å². The van der Waals surface area contributed by atoms with Gasteiger partial charge in [-0.3, -0.25) is 9.59 Å². The van der Waals surface area contributed by atoms with Crippen LogP contribution < -0.4 is 5.32 Å². The fourth-order valence-electron chi connectivity index (χ4n) is 2.09. The summed E-state index contributed by atoms with van der Waals surface area (Å²) < 4.78 is 0. The van der Waals surface area contributed by atoms with Gasteiger partial charge in [-0.2, -0.15) is 0 Å². The number of rotatable bonds is 5. The third kappa shape index (κ3) is 3.22. The van der Waals surface area contributed by atoms with Crippen LogP contribution in [-0.4, -0.2) is 35.3 Å². The molecule has 5 heteroatoms. The molecule has 96 valence electrons. The summed E-state index contributed by atoms with van der Waals surface area (Å²) in [7, 11) is 0. The molecular weight excluding hydrogens is 240 g/mol. The molecule has 2 amide bonds. The number of hydrogen-bond donors (Lipinski definition) is 1. The van der Waals surface area contributed by atoms with Gasteiger partial charge >= 0.3 is 0 Å². The minimum absolute atomic E-state index is 0.0555. The summed E-state index contributed by atoms with van der Waals surface area (Å²) in [6.45, 7) is 7.69. The van der Waals surface area contributed by atoms with Crippen molar-refractivity contribution in [3.63, 3.8) is 0 Å². The van der Waals surface area contributed by atoms with E-state index in [1.54, 1.807) is 0 Å². The Morgan fingerprint density at radius 2 is 2.12 bits per heavy atom. The zero-order chi connectivity index (χ0) is 13.0. The first-order valence-corrected chi connectivity index (χ1v) is 6.33. The molecule has 1 aliphatic heterocycles. The summed E-state index contributed by atoms with van der Waals surface area (Å²) in [4.78, 5) is 25.6. The molecule has 2 atom stereocenters. The van der Waals surface area contributed by atoms with Gasteiger partial charge in [0, 0.05) is 5.03 Å². The molecule has 1 heterocycles. The molecule has 4 nitrogen and oxygen atoms in total. The summed E-state index contributed by atoms with van der Waals surface area (Å²) in [6, 6.07) is -0.836. The number of nitrogens with zero attached hydrogens (tertiary/aromatic N) is 1. The fraction of sp³-hybridized carbons (Fsp3) is 0.667. The Labute approximate surface area is 107 Å². The van der Waals surface area contributed by atoms with E-state index in [4.69, 9.17) is 11.6 Å². The maximum atomic E-state index is 12.2. The number of piperazine rings is 1. The quantitative estimate of drug-likeness (QED) is 0.815. The number of hydrogen-bond acceptors (Lipinski definition) is 2. The van der Waals surface area contributed by atoms with Gasteiger partial charge in [0.25, 0.3) is 0 Å². The van der Waals surface area contributed by atoms with Crippen LogP contribution in [0.4, 0.5) is 0 Å². The lowest BCUT2D eigenvalue weighted by molar-refractivity contribution is -0.149. The Morgan fingerprint density at radius 3 is 2.59 bits per heavy atom. The van der Waals surface area contributed by atoms with E-state index in [0.29, 0.717) is 17.9 Å². The van der Waals surface area contributed by atoms with E-state index in [-0.39, 0.29) is 18.4 Å². The molecule has 17 heavy (non-hydrogen) atoms. The molecule has 2 unspecified atom stereocenters. The Kier molecular flexibility index (Phi) is 5.00. The number of nitrogens with one attached hydrogen (secondary N) is 1. The van der Waals surface area contributed by atoms with Crippen molar-refractivity contribution >= 4 is 23.4 Å². The average molecular weight is 259 g/mol. The maximum Gasteiger partial charge on any atom is 0.246 e. The Balaban J connectivity index is 2.88. The lowest BCUT2D eigenvalue weighted by atomic mass is 10.0. The highest BCUT2D eigenvalue weighted by Crippen LogP contribution is 2.17. The first-order valence-electron chi connectivity index (χ1n) is 5.95. The number of halogens is 1. The van der Waals surface area contributed by atoms with E-state index in [2.05, 4.69) is 11.9 Å². The van der Waals surface area contributed by atoms with Crippen molar-refractivity contribution < 1.29 is 9.59 Å². The monoisotopic (exact) mass is 258 g/mol. The van der Waals surface area contributed by atoms with Crippen LogP contribution in [0.15, 0.2) is 11.6 Å². The summed E-state index contributed by atoms with van der Waals surface area (Å²) >= 11 is 5.75. The summed E-state index contributed by atoms with van der Waals surface area (Å²) in [5.41, 5.74) is 0.